The molecule has 3 N–H and O–H groups in total. The van der Waals surface area contributed by atoms with Crippen molar-refractivity contribution in [1.29, 1.82) is 0 Å². The maximum atomic E-state index is 12.2. The molecule has 0 saturated heterocycles. The van der Waals surface area contributed by atoms with Crippen LogP contribution in [0.2, 0.25) is 0 Å². The minimum atomic E-state index is -3.44. The van der Waals surface area contributed by atoms with Crippen molar-refractivity contribution in [3.8, 4) is 0 Å². The summed E-state index contributed by atoms with van der Waals surface area (Å²) in [7, 11) is -1.82. The van der Waals surface area contributed by atoms with Gasteiger partial charge in [0.2, 0.25) is 10.0 Å². The second-order valence-electron chi connectivity index (χ2n) is 4.41. The molecule has 18 heavy (non-hydrogen) atoms. The molecule has 0 bridgehead atoms. The van der Waals surface area contributed by atoms with Crippen molar-refractivity contribution in [2.45, 2.75) is 42.2 Å². The minimum Gasteiger partial charge on any atom is -0.380 e. The van der Waals surface area contributed by atoms with E-state index in [-0.39, 0.29) is 12.1 Å². The number of rotatable bonds is 5. The van der Waals surface area contributed by atoms with E-state index in [1.54, 1.807) is 18.6 Å². The van der Waals surface area contributed by atoms with Gasteiger partial charge in [-0.05, 0) is 36.3 Å². The van der Waals surface area contributed by atoms with Crippen LogP contribution in [-0.4, -0.2) is 27.7 Å². The highest BCUT2D eigenvalue weighted by atomic mass is 32.2. The Hall–Kier alpha value is -0.470. The number of sulfonamides is 1. The van der Waals surface area contributed by atoms with Gasteiger partial charge in [0.15, 0.2) is 0 Å². The average Bonchev–Trinajstić information content (AvgIpc) is 2.96. The number of ether oxygens (including phenoxy) is 1. The highest BCUT2D eigenvalue weighted by Gasteiger charge is 2.31. The Morgan fingerprint density at radius 3 is 2.94 bits per heavy atom. The maximum absolute atomic E-state index is 12.2. The van der Waals surface area contributed by atoms with Crippen LogP contribution in [0.25, 0.3) is 0 Å². The van der Waals surface area contributed by atoms with Crippen molar-refractivity contribution in [3.63, 3.8) is 0 Å². The minimum absolute atomic E-state index is 0.0197. The van der Waals surface area contributed by atoms with Gasteiger partial charge < -0.3 is 10.5 Å². The summed E-state index contributed by atoms with van der Waals surface area (Å²) in [6.45, 7) is 0.357. The molecular formula is C11H18N2O3S2. The van der Waals surface area contributed by atoms with Crippen LogP contribution in [-0.2, 0) is 21.3 Å². The van der Waals surface area contributed by atoms with Crippen LogP contribution in [0, 0.1) is 0 Å². The molecule has 0 amide bonds. The van der Waals surface area contributed by atoms with E-state index in [1.165, 1.54) is 11.3 Å². The molecule has 0 spiro atoms. The van der Waals surface area contributed by atoms with E-state index in [2.05, 4.69) is 4.72 Å². The van der Waals surface area contributed by atoms with Gasteiger partial charge in [0, 0.05) is 19.7 Å². The predicted molar refractivity (Wildman–Crippen MR) is 71.0 cm³/mol. The molecule has 5 nitrogen and oxygen atoms in total. The van der Waals surface area contributed by atoms with E-state index in [9.17, 15) is 8.42 Å². The molecule has 1 aliphatic carbocycles. The van der Waals surface area contributed by atoms with Crippen molar-refractivity contribution in [1.82, 2.24) is 4.72 Å². The van der Waals surface area contributed by atoms with Crippen LogP contribution in [0.3, 0.4) is 0 Å². The molecule has 1 aliphatic rings. The van der Waals surface area contributed by atoms with Crippen molar-refractivity contribution < 1.29 is 13.2 Å². The summed E-state index contributed by atoms with van der Waals surface area (Å²) in [5.74, 6) is 0. The third kappa shape index (κ3) is 2.92. The third-order valence-electron chi connectivity index (χ3n) is 3.19. The Morgan fingerprint density at radius 1 is 1.56 bits per heavy atom. The van der Waals surface area contributed by atoms with Gasteiger partial charge in [0.1, 0.15) is 4.21 Å². The van der Waals surface area contributed by atoms with Crippen molar-refractivity contribution >= 4 is 21.4 Å². The summed E-state index contributed by atoms with van der Waals surface area (Å²) in [6.07, 6.45) is 2.70. The zero-order valence-electron chi connectivity index (χ0n) is 10.3. The van der Waals surface area contributed by atoms with Crippen LogP contribution in [0.1, 0.15) is 24.8 Å². The van der Waals surface area contributed by atoms with Gasteiger partial charge in [-0.3, -0.25) is 0 Å². The van der Waals surface area contributed by atoms with Crippen LogP contribution in [0.5, 0.6) is 0 Å². The normalized spacial score (nSPS) is 24.6. The number of hydrogen-bond donors (Lipinski definition) is 2. The lowest BCUT2D eigenvalue weighted by atomic mass is 10.2. The topological polar surface area (TPSA) is 81.4 Å². The molecule has 1 heterocycles. The standard InChI is InChI=1S/C11H18N2O3S2/c1-16-10-4-2-3-9(10)13-18(14,15)11-5-8(6-12)7-17-11/h5,7,9-10,13H,2-4,6,12H2,1H3. The number of nitrogens with one attached hydrogen (secondary N) is 1. The fourth-order valence-corrected chi connectivity index (χ4v) is 4.74. The third-order valence-corrected chi connectivity index (χ3v) is 6.17. The van der Waals surface area contributed by atoms with Crippen molar-refractivity contribution in [3.05, 3.63) is 17.0 Å². The Balaban J connectivity index is 2.11. The molecule has 0 radical (unpaired) electrons. The molecular weight excluding hydrogens is 272 g/mol. The molecule has 7 heteroatoms. The summed E-state index contributed by atoms with van der Waals surface area (Å²) < 4.78 is 32.7. The van der Waals surface area contributed by atoms with Crippen LogP contribution in [0.4, 0.5) is 0 Å². The molecule has 2 rings (SSSR count). The first-order chi connectivity index (χ1) is 8.56. The van der Waals surface area contributed by atoms with Gasteiger partial charge >= 0.3 is 0 Å². The number of thiophene rings is 1. The monoisotopic (exact) mass is 290 g/mol. The molecule has 1 aromatic heterocycles. The zero-order valence-corrected chi connectivity index (χ0v) is 11.9. The highest BCUT2D eigenvalue weighted by molar-refractivity contribution is 7.91. The van der Waals surface area contributed by atoms with Crippen molar-refractivity contribution in [2.24, 2.45) is 5.73 Å². The number of hydrogen-bond acceptors (Lipinski definition) is 5. The summed E-state index contributed by atoms with van der Waals surface area (Å²) in [6, 6.07) is 1.51. The summed E-state index contributed by atoms with van der Waals surface area (Å²) in [5, 5.41) is 1.77. The smallest absolute Gasteiger partial charge is 0.250 e. The lowest BCUT2D eigenvalue weighted by Crippen LogP contribution is -2.40. The maximum Gasteiger partial charge on any atom is 0.250 e. The molecule has 1 fully saturated rings. The lowest BCUT2D eigenvalue weighted by Gasteiger charge is -2.18. The Bertz CT molecular complexity index is 498. The first-order valence-electron chi connectivity index (χ1n) is 5.89. The van der Waals surface area contributed by atoms with Crippen molar-refractivity contribution in [2.75, 3.05) is 7.11 Å². The van der Waals surface area contributed by atoms with Gasteiger partial charge in [0.05, 0.1) is 6.10 Å². The molecule has 0 aromatic carbocycles. The molecule has 1 aromatic rings. The summed E-state index contributed by atoms with van der Waals surface area (Å²) in [5.41, 5.74) is 6.33. The first kappa shape index (κ1) is 14.0. The largest absolute Gasteiger partial charge is 0.380 e. The van der Waals surface area contributed by atoms with Gasteiger partial charge in [-0.25, -0.2) is 13.1 Å². The number of nitrogens with two attached hydrogens (primary N) is 1. The van der Waals surface area contributed by atoms with Crippen LogP contribution < -0.4 is 10.5 Å². The second kappa shape index (κ2) is 5.66. The summed E-state index contributed by atoms with van der Waals surface area (Å²) in [4.78, 5) is 0. The van der Waals surface area contributed by atoms with E-state index < -0.39 is 10.0 Å². The van der Waals surface area contributed by atoms with Crippen LogP contribution in [0.15, 0.2) is 15.7 Å². The van der Waals surface area contributed by atoms with Gasteiger partial charge in [-0.1, -0.05) is 0 Å². The van der Waals surface area contributed by atoms with E-state index >= 15 is 0 Å². The highest BCUT2D eigenvalue weighted by Crippen LogP contribution is 2.25. The predicted octanol–water partition coefficient (Wildman–Crippen LogP) is 1.05. The van der Waals surface area contributed by atoms with E-state index in [0.29, 0.717) is 10.8 Å². The van der Waals surface area contributed by atoms with Gasteiger partial charge in [-0.15, -0.1) is 11.3 Å². The Labute approximate surface area is 111 Å². The van der Waals surface area contributed by atoms with Gasteiger partial charge in [-0.2, -0.15) is 0 Å². The SMILES string of the molecule is COC1CCCC1NS(=O)(=O)c1cc(CN)cs1. The van der Waals surface area contributed by atoms with Gasteiger partial charge in [0.25, 0.3) is 0 Å². The van der Waals surface area contributed by atoms with E-state index in [1.807, 2.05) is 0 Å². The molecule has 1 saturated carbocycles. The average molecular weight is 290 g/mol. The Morgan fingerprint density at radius 2 is 2.33 bits per heavy atom. The quantitative estimate of drug-likeness (QED) is 0.849. The first-order valence-corrected chi connectivity index (χ1v) is 8.25. The molecule has 2 unspecified atom stereocenters. The zero-order chi connectivity index (χ0) is 13.2. The summed E-state index contributed by atoms with van der Waals surface area (Å²) >= 11 is 1.20. The second-order valence-corrected chi connectivity index (χ2v) is 7.26. The van der Waals surface area contributed by atoms with Crippen LogP contribution >= 0.6 is 11.3 Å². The lowest BCUT2D eigenvalue weighted by molar-refractivity contribution is 0.0916. The molecule has 102 valence electrons. The van der Waals surface area contributed by atoms with E-state index in [4.69, 9.17) is 10.5 Å². The number of methoxy groups -OCH3 is 1. The fraction of sp³-hybridized carbons (Fsp3) is 0.636. The van der Waals surface area contributed by atoms with E-state index in [0.717, 1.165) is 24.8 Å². The Kier molecular flexibility index (Phi) is 4.39. The molecule has 2 atom stereocenters. The molecule has 0 aliphatic heterocycles. The fourth-order valence-electron chi connectivity index (χ4n) is 2.20.